The first-order chi connectivity index (χ1) is 16.7. The number of hydrazine groups is 1. The van der Waals surface area contributed by atoms with E-state index < -0.39 is 46.8 Å². The minimum atomic E-state index is -0.799. The summed E-state index contributed by atoms with van der Waals surface area (Å²) in [6.07, 6.45) is 2.53. The zero-order valence-electron chi connectivity index (χ0n) is 18.2. The number of nitro benzene ring substituents is 1. The summed E-state index contributed by atoms with van der Waals surface area (Å²) in [6.45, 7) is -0.622. The van der Waals surface area contributed by atoms with Gasteiger partial charge in [-0.2, -0.15) is 5.01 Å². The maximum atomic E-state index is 13.5. The second-order valence-corrected chi connectivity index (χ2v) is 9.93. The van der Waals surface area contributed by atoms with Crippen molar-refractivity contribution in [3.8, 4) is 0 Å². The second kappa shape index (κ2) is 8.73. The number of benzene rings is 2. The van der Waals surface area contributed by atoms with Crippen LogP contribution in [0.4, 0.5) is 5.69 Å². The lowest BCUT2D eigenvalue weighted by Gasteiger charge is -2.31. The van der Waals surface area contributed by atoms with Gasteiger partial charge in [-0.25, -0.2) is 5.01 Å². The molecule has 2 aromatic carbocycles. The maximum absolute atomic E-state index is 13.5. The van der Waals surface area contributed by atoms with Gasteiger partial charge >= 0.3 is 0 Å². The molecule has 1 heterocycles. The van der Waals surface area contributed by atoms with Crippen LogP contribution in [0.15, 0.2) is 42.5 Å². The Morgan fingerprint density at radius 3 is 2.14 bits per heavy atom. The minimum absolute atomic E-state index is 0.00812. The van der Waals surface area contributed by atoms with Crippen molar-refractivity contribution < 1.29 is 24.1 Å². The van der Waals surface area contributed by atoms with E-state index in [4.69, 9.17) is 23.2 Å². The molecule has 1 saturated heterocycles. The number of Topliss-reactive ketones (excluding diaryl/α,β-unsaturated/α-hetero) is 1. The number of hydrogen-bond acceptors (Lipinski definition) is 6. The standard InChI is InChI=1S/C24H19Cl2N3O6/c25-15-5-8-17(18(26)10-15)19(30)11-27(22(31)12-3-6-16(7-4-12)29(34)35)28-23(32)20-13-1-2-14(9-13)21(20)24(28)33/h3-8,10,13-14,20-21H,1-2,9,11H2/t13-,14-,20-,21-/m0/s1. The highest BCUT2D eigenvalue weighted by Crippen LogP contribution is 2.56. The molecule has 3 fully saturated rings. The highest BCUT2D eigenvalue weighted by atomic mass is 35.5. The summed E-state index contributed by atoms with van der Waals surface area (Å²) in [5.74, 6) is -3.19. The molecule has 0 unspecified atom stereocenters. The maximum Gasteiger partial charge on any atom is 0.273 e. The fourth-order valence-corrected chi connectivity index (χ4v) is 6.19. The molecule has 2 bridgehead atoms. The van der Waals surface area contributed by atoms with E-state index in [1.807, 2.05) is 0 Å². The Labute approximate surface area is 209 Å². The first-order valence-electron chi connectivity index (χ1n) is 11.1. The quantitative estimate of drug-likeness (QED) is 0.246. The number of amides is 3. The number of non-ortho nitro benzene ring substituents is 1. The number of rotatable bonds is 6. The van der Waals surface area contributed by atoms with Crippen molar-refractivity contribution in [3.05, 3.63) is 73.8 Å². The summed E-state index contributed by atoms with van der Waals surface area (Å²) in [6, 6.07) is 9.00. The monoisotopic (exact) mass is 515 g/mol. The van der Waals surface area contributed by atoms with Crippen LogP contribution in [0, 0.1) is 33.8 Å². The lowest BCUT2D eigenvalue weighted by atomic mass is 9.81. The molecule has 3 aliphatic rings. The summed E-state index contributed by atoms with van der Waals surface area (Å²) in [5, 5.41) is 13.0. The Hall–Kier alpha value is -3.30. The van der Waals surface area contributed by atoms with E-state index in [0.29, 0.717) is 5.02 Å². The van der Waals surface area contributed by atoms with E-state index in [0.717, 1.165) is 41.4 Å². The van der Waals surface area contributed by atoms with Gasteiger partial charge in [-0.3, -0.25) is 29.3 Å². The number of imide groups is 1. The molecule has 5 rings (SSSR count). The first-order valence-corrected chi connectivity index (χ1v) is 11.8. The van der Waals surface area contributed by atoms with Gasteiger partial charge in [0.2, 0.25) is 0 Å². The summed E-state index contributed by atoms with van der Waals surface area (Å²) in [5.41, 5.74) is -0.153. The molecule has 0 radical (unpaired) electrons. The van der Waals surface area contributed by atoms with E-state index in [-0.39, 0.29) is 33.7 Å². The number of nitrogens with zero attached hydrogens (tertiary/aromatic N) is 3. The summed E-state index contributed by atoms with van der Waals surface area (Å²) in [4.78, 5) is 63.9. The third-order valence-corrected chi connectivity index (χ3v) is 7.78. The number of carbonyl (C=O) groups excluding carboxylic acids is 4. The molecule has 3 amide bonds. The molecular formula is C24H19Cl2N3O6. The largest absolute Gasteiger partial charge is 0.292 e. The molecule has 2 aliphatic carbocycles. The van der Waals surface area contributed by atoms with Crippen molar-refractivity contribution in [2.75, 3.05) is 6.54 Å². The summed E-state index contributed by atoms with van der Waals surface area (Å²) in [7, 11) is 0. The van der Waals surface area contributed by atoms with Gasteiger partial charge in [0.05, 0.1) is 21.8 Å². The van der Waals surface area contributed by atoms with Crippen molar-refractivity contribution in [2.24, 2.45) is 23.7 Å². The Morgan fingerprint density at radius 2 is 1.60 bits per heavy atom. The topological polar surface area (TPSA) is 118 Å². The molecule has 180 valence electrons. The van der Waals surface area contributed by atoms with Gasteiger partial charge < -0.3 is 0 Å². The van der Waals surface area contributed by atoms with Crippen molar-refractivity contribution >= 4 is 52.4 Å². The highest BCUT2D eigenvalue weighted by molar-refractivity contribution is 6.37. The molecular weight excluding hydrogens is 497 g/mol. The van der Waals surface area contributed by atoms with Crippen LogP contribution in [-0.2, 0) is 9.59 Å². The van der Waals surface area contributed by atoms with Crippen LogP contribution in [0.5, 0.6) is 0 Å². The predicted molar refractivity (Wildman–Crippen MR) is 125 cm³/mol. The number of carbonyl (C=O) groups is 4. The van der Waals surface area contributed by atoms with Gasteiger partial charge in [0.25, 0.3) is 23.4 Å². The first kappa shape index (κ1) is 23.4. The minimum Gasteiger partial charge on any atom is -0.292 e. The second-order valence-electron chi connectivity index (χ2n) is 9.09. The number of nitro groups is 1. The molecule has 0 spiro atoms. The molecule has 9 nitrogen and oxygen atoms in total. The van der Waals surface area contributed by atoms with Crippen LogP contribution in [0.25, 0.3) is 0 Å². The van der Waals surface area contributed by atoms with Crippen LogP contribution in [0.3, 0.4) is 0 Å². The number of ketones is 1. The Bertz CT molecular complexity index is 1250. The van der Waals surface area contributed by atoms with E-state index in [2.05, 4.69) is 0 Å². The Morgan fingerprint density at radius 1 is 1.00 bits per heavy atom. The summed E-state index contributed by atoms with van der Waals surface area (Å²) >= 11 is 12.1. The molecule has 11 heteroatoms. The lowest BCUT2D eigenvalue weighted by Crippen LogP contribution is -2.52. The average Bonchev–Trinajstić information content (AvgIpc) is 3.51. The van der Waals surface area contributed by atoms with E-state index in [1.165, 1.54) is 30.3 Å². The normalized spacial score (nSPS) is 24.6. The zero-order chi connectivity index (χ0) is 25.0. The van der Waals surface area contributed by atoms with E-state index in [1.54, 1.807) is 0 Å². The van der Waals surface area contributed by atoms with Crippen LogP contribution >= 0.6 is 23.2 Å². The van der Waals surface area contributed by atoms with Gasteiger partial charge in [0.1, 0.15) is 6.54 Å². The van der Waals surface area contributed by atoms with Crippen LogP contribution < -0.4 is 0 Å². The van der Waals surface area contributed by atoms with E-state index in [9.17, 15) is 29.3 Å². The zero-order valence-corrected chi connectivity index (χ0v) is 19.7. The molecule has 0 N–H and O–H groups in total. The van der Waals surface area contributed by atoms with E-state index >= 15 is 0 Å². The van der Waals surface area contributed by atoms with Crippen molar-refractivity contribution in [2.45, 2.75) is 19.3 Å². The molecule has 35 heavy (non-hydrogen) atoms. The number of halogens is 2. The molecule has 0 aromatic heterocycles. The Kier molecular flexibility index (Phi) is 5.85. The van der Waals surface area contributed by atoms with Gasteiger partial charge in [0, 0.05) is 28.3 Å². The fraction of sp³-hybridized carbons (Fsp3) is 0.333. The number of hydrogen-bond donors (Lipinski definition) is 0. The third-order valence-electron chi connectivity index (χ3n) is 7.23. The van der Waals surface area contributed by atoms with Crippen molar-refractivity contribution in [1.82, 2.24) is 10.0 Å². The SMILES string of the molecule is O=C(CN(C(=O)c1ccc([N+](=O)[O-])cc1)N1C(=O)[C@H]2[C@H]3CC[C@@H](C3)[C@@H]2C1=O)c1ccc(Cl)cc1Cl. The van der Waals surface area contributed by atoms with Gasteiger partial charge in [-0.1, -0.05) is 23.2 Å². The van der Waals surface area contributed by atoms with Gasteiger partial charge in [0.15, 0.2) is 5.78 Å². The van der Waals surface area contributed by atoms with Crippen molar-refractivity contribution in [3.63, 3.8) is 0 Å². The van der Waals surface area contributed by atoms with Crippen molar-refractivity contribution in [1.29, 1.82) is 0 Å². The fourth-order valence-electron chi connectivity index (χ4n) is 5.68. The molecule has 4 atom stereocenters. The molecule has 2 saturated carbocycles. The molecule has 1 aliphatic heterocycles. The smallest absolute Gasteiger partial charge is 0.273 e. The van der Waals surface area contributed by atoms with Gasteiger partial charge in [-0.15, -0.1) is 0 Å². The third kappa shape index (κ3) is 3.88. The Balaban J connectivity index is 1.50. The number of fused-ring (bicyclic) bond motifs is 5. The van der Waals surface area contributed by atoms with Crippen LogP contribution in [0.1, 0.15) is 40.0 Å². The average molecular weight is 516 g/mol. The van der Waals surface area contributed by atoms with Crippen LogP contribution in [0.2, 0.25) is 10.0 Å². The van der Waals surface area contributed by atoms with Gasteiger partial charge in [-0.05, 0) is 61.4 Å². The lowest BCUT2D eigenvalue weighted by molar-refractivity contribution is -0.384. The van der Waals surface area contributed by atoms with Crippen LogP contribution in [-0.4, -0.2) is 45.0 Å². The highest BCUT2D eigenvalue weighted by Gasteiger charge is 2.62. The summed E-state index contributed by atoms with van der Waals surface area (Å²) < 4.78 is 0. The predicted octanol–water partition coefficient (Wildman–Crippen LogP) is 4.17. The molecule has 2 aromatic rings.